The van der Waals surface area contributed by atoms with Crippen molar-refractivity contribution in [1.29, 1.82) is 0 Å². The molecule has 1 aromatic carbocycles. The summed E-state index contributed by atoms with van der Waals surface area (Å²) >= 11 is 0. The first-order valence-corrected chi connectivity index (χ1v) is 8.48. The maximum absolute atomic E-state index is 10.1. The molecule has 0 aliphatic carbocycles. The van der Waals surface area contributed by atoms with E-state index in [0.717, 1.165) is 11.1 Å². The van der Waals surface area contributed by atoms with Crippen molar-refractivity contribution in [2.24, 2.45) is 5.73 Å². The number of nitrogens with two attached hydrogens (primary N) is 1. The lowest BCUT2D eigenvalue weighted by Crippen LogP contribution is -2.60. The lowest BCUT2D eigenvalue weighted by molar-refractivity contribution is -0.227. The quantitative estimate of drug-likeness (QED) is 0.306. The first-order valence-electron chi connectivity index (χ1n) is 8.48. The molecule has 0 spiro atoms. The van der Waals surface area contributed by atoms with Crippen molar-refractivity contribution in [2.45, 2.75) is 30.5 Å². The van der Waals surface area contributed by atoms with Gasteiger partial charge in [-0.2, -0.15) is 15.4 Å². The highest BCUT2D eigenvalue weighted by molar-refractivity contribution is 5.69. The van der Waals surface area contributed by atoms with Crippen LogP contribution >= 0.6 is 0 Å². The van der Waals surface area contributed by atoms with E-state index in [0.29, 0.717) is 11.4 Å². The molecular formula is C17H23N5O5. The van der Waals surface area contributed by atoms with Gasteiger partial charge in [0.2, 0.25) is 0 Å². The van der Waals surface area contributed by atoms with E-state index in [2.05, 4.69) is 20.7 Å². The van der Waals surface area contributed by atoms with Crippen molar-refractivity contribution in [2.75, 3.05) is 13.2 Å². The Morgan fingerprint density at radius 3 is 2.67 bits per heavy atom. The Morgan fingerprint density at radius 2 is 2.00 bits per heavy atom. The monoisotopic (exact) mass is 377 g/mol. The number of aromatic nitrogens is 3. The second-order valence-electron chi connectivity index (χ2n) is 6.26. The Morgan fingerprint density at radius 1 is 1.22 bits per heavy atom. The summed E-state index contributed by atoms with van der Waals surface area (Å²) in [6, 6.07) is 7.45. The molecule has 1 aliphatic rings. The number of hydrogen-bond acceptors (Lipinski definition) is 9. The summed E-state index contributed by atoms with van der Waals surface area (Å²) in [6.45, 7) is -0.362. The first kappa shape index (κ1) is 19.3. The van der Waals surface area contributed by atoms with Gasteiger partial charge in [0.1, 0.15) is 36.2 Å². The van der Waals surface area contributed by atoms with E-state index >= 15 is 0 Å². The summed E-state index contributed by atoms with van der Waals surface area (Å²) in [6.07, 6.45) is -2.91. The predicted octanol–water partition coefficient (Wildman–Crippen LogP) is -1.84. The van der Waals surface area contributed by atoms with E-state index in [1.165, 1.54) is 6.20 Å². The number of aliphatic hydroxyl groups excluding tert-OH is 4. The van der Waals surface area contributed by atoms with E-state index < -0.39 is 37.1 Å². The number of benzene rings is 1. The second kappa shape index (κ2) is 8.46. The highest BCUT2D eigenvalue weighted by Crippen LogP contribution is 2.23. The van der Waals surface area contributed by atoms with Gasteiger partial charge in [-0.05, 0) is 11.6 Å². The minimum Gasteiger partial charge on any atom is -0.403 e. The van der Waals surface area contributed by atoms with E-state index in [1.54, 1.807) is 6.20 Å². The molecule has 0 saturated carbocycles. The van der Waals surface area contributed by atoms with Crippen LogP contribution in [0.4, 0.5) is 0 Å². The van der Waals surface area contributed by atoms with Gasteiger partial charge in [-0.15, -0.1) is 0 Å². The minimum absolute atomic E-state index is 0.110. The zero-order chi connectivity index (χ0) is 19.4. The molecular weight excluding hydrogens is 354 g/mol. The van der Waals surface area contributed by atoms with Crippen molar-refractivity contribution in [3.05, 3.63) is 42.2 Å². The number of rotatable bonds is 6. The maximum atomic E-state index is 10.1. The Hall–Kier alpha value is -2.50. The molecule has 0 bridgehead atoms. The molecule has 1 saturated heterocycles. The van der Waals surface area contributed by atoms with E-state index in [-0.39, 0.29) is 6.54 Å². The molecule has 3 rings (SSSR count). The number of aliphatic hydroxyl groups is 4. The van der Waals surface area contributed by atoms with Crippen LogP contribution in [0.25, 0.3) is 17.0 Å². The Bertz CT molecular complexity index is 767. The fourth-order valence-electron chi connectivity index (χ4n) is 3.00. The van der Waals surface area contributed by atoms with Crippen LogP contribution in [0.15, 0.2) is 36.7 Å². The molecule has 1 aromatic heterocycles. The standard InChI is InChI=1S/C17H23N5O5/c18-5-11(9-2-1-3-10(4-9)12-6-20-22-21-12)19-7-13-15(24)17(26)16(25)14(8-23)27-13/h1-6,13-17,19,23-26H,7-8,18H2,(H,20,21,22)/b11-5-/t13?,14?,15?,16-,17?/m1/s1. The normalized spacial score (nSPS) is 28.9. The zero-order valence-corrected chi connectivity index (χ0v) is 14.4. The van der Waals surface area contributed by atoms with Gasteiger partial charge in [-0.1, -0.05) is 18.2 Å². The Kier molecular flexibility index (Phi) is 6.04. The van der Waals surface area contributed by atoms with Gasteiger partial charge in [0.05, 0.1) is 18.5 Å². The molecule has 0 amide bonds. The molecule has 4 unspecified atom stereocenters. The van der Waals surface area contributed by atoms with Crippen LogP contribution in [0.2, 0.25) is 0 Å². The highest BCUT2D eigenvalue weighted by atomic mass is 16.5. The summed E-state index contributed by atoms with van der Waals surface area (Å²) in [5, 5.41) is 52.6. The molecule has 146 valence electrons. The summed E-state index contributed by atoms with van der Waals surface area (Å²) in [5.74, 6) is 0. The molecule has 27 heavy (non-hydrogen) atoms. The van der Waals surface area contributed by atoms with Crippen LogP contribution in [-0.4, -0.2) is 79.5 Å². The molecule has 2 heterocycles. The SMILES string of the molecule is N/C=C(\NCC1OC(CO)[C@@H](O)C(O)C1O)c1cccc(-c2cn[nH]n2)c1. The Labute approximate surface area is 155 Å². The molecule has 2 aromatic rings. The van der Waals surface area contributed by atoms with Gasteiger partial charge in [-0.25, -0.2) is 0 Å². The van der Waals surface area contributed by atoms with Crippen LogP contribution in [0, 0.1) is 0 Å². The van der Waals surface area contributed by atoms with Crippen molar-refractivity contribution in [3.8, 4) is 11.3 Å². The molecule has 10 nitrogen and oxygen atoms in total. The lowest BCUT2D eigenvalue weighted by atomic mass is 9.95. The summed E-state index contributed by atoms with van der Waals surface area (Å²) in [4.78, 5) is 0. The maximum Gasteiger partial charge on any atom is 0.112 e. The number of aromatic amines is 1. The third-order valence-electron chi connectivity index (χ3n) is 4.54. The molecule has 1 fully saturated rings. The average Bonchev–Trinajstić information content (AvgIpc) is 3.23. The average molecular weight is 377 g/mol. The first-order chi connectivity index (χ1) is 13.0. The third-order valence-corrected chi connectivity index (χ3v) is 4.54. The fraction of sp³-hybridized carbons (Fsp3) is 0.412. The van der Waals surface area contributed by atoms with Crippen molar-refractivity contribution >= 4 is 5.70 Å². The van der Waals surface area contributed by atoms with Crippen LogP contribution in [-0.2, 0) is 4.74 Å². The summed E-state index contributed by atoms with van der Waals surface area (Å²) in [5.41, 5.74) is 8.62. The smallest absolute Gasteiger partial charge is 0.112 e. The number of hydrogen-bond donors (Lipinski definition) is 7. The van der Waals surface area contributed by atoms with Crippen LogP contribution in [0.3, 0.4) is 0 Å². The largest absolute Gasteiger partial charge is 0.403 e. The highest BCUT2D eigenvalue weighted by Gasteiger charge is 2.43. The minimum atomic E-state index is -1.41. The second-order valence-corrected chi connectivity index (χ2v) is 6.26. The molecule has 10 heteroatoms. The number of nitrogens with one attached hydrogen (secondary N) is 2. The molecule has 5 atom stereocenters. The van der Waals surface area contributed by atoms with Crippen LogP contribution in [0.5, 0.6) is 0 Å². The van der Waals surface area contributed by atoms with E-state index in [1.807, 2.05) is 24.3 Å². The lowest BCUT2D eigenvalue weighted by Gasteiger charge is -2.40. The molecule has 8 N–H and O–H groups in total. The Balaban J connectivity index is 1.70. The summed E-state index contributed by atoms with van der Waals surface area (Å²) < 4.78 is 5.48. The molecule has 1 aliphatic heterocycles. The fourth-order valence-corrected chi connectivity index (χ4v) is 3.00. The van der Waals surface area contributed by atoms with Gasteiger partial charge in [0.25, 0.3) is 0 Å². The van der Waals surface area contributed by atoms with Gasteiger partial charge < -0.3 is 36.2 Å². The third kappa shape index (κ3) is 4.10. The van der Waals surface area contributed by atoms with Gasteiger partial charge in [0, 0.05) is 18.3 Å². The van der Waals surface area contributed by atoms with Crippen molar-refractivity contribution in [1.82, 2.24) is 20.7 Å². The van der Waals surface area contributed by atoms with Gasteiger partial charge >= 0.3 is 0 Å². The van der Waals surface area contributed by atoms with Crippen LogP contribution in [0.1, 0.15) is 5.56 Å². The number of nitrogens with zero attached hydrogens (tertiary/aromatic N) is 2. The molecule has 0 radical (unpaired) electrons. The topological polar surface area (TPSA) is 170 Å². The van der Waals surface area contributed by atoms with Gasteiger partial charge in [-0.3, -0.25) is 0 Å². The summed E-state index contributed by atoms with van der Waals surface area (Å²) in [7, 11) is 0. The predicted molar refractivity (Wildman–Crippen MR) is 95.8 cm³/mol. The van der Waals surface area contributed by atoms with E-state index in [4.69, 9.17) is 10.5 Å². The van der Waals surface area contributed by atoms with Gasteiger partial charge in [0.15, 0.2) is 0 Å². The zero-order valence-electron chi connectivity index (χ0n) is 14.4. The van der Waals surface area contributed by atoms with Crippen molar-refractivity contribution < 1.29 is 25.2 Å². The van der Waals surface area contributed by atoms with Crippen molar-refractivity contribution in [3.63, 3.8) is 0 Å². The number of ether oxygens (including phenoxy) is 1. The van der Waals surface area contributed by atoms with E-state index in [9.17, 15) is 20.4 Å². The number of H-pyrrole nitrogens is 1. The van der Waals surface area contributed by atoms with Crippen LogP contribution < -0.4 is 11.1 Å².